The molecule has 0 aromatic heterocycles. The summed E-state index contributed by atoms with van der Waals surface area (Å²) in [5.41, 5.74) is -1.18. The van der Waals surface area contributed by atoms with E-state index >= 15 is 0 Å². The van der Waals surface area contributed by atoms with Crippen molar-refractivity contribution in [3.8, 4) is 0 Å². The molecule has 8 heteroatoms. The minimum atomic E-state index is -4.61. The van der Waals surface area contributed by atoms with Gasteiger partial charge in [0.15, 0.2) is 23.3 Å². The van der Waals surface area contributed by atoms with E-state index in [0.29, 0.717) is 6.55 Å². The minimum absolute atomic E-state index is 0.624. The third-order valence-corrected chi connectivity index (χ3v) is 3.24. The third kappa shape index (κ3) is 2.99. The standard InChI is InChI=1S/C9H7F7Si/c1-17(15,16)3-2-4-5(10)7(12)9(14)8(13)6(4)11/h2-3H2,1H3. The molecule has 1 aromatic carbocycles. The van der Waals surface area contributed by atoms with Crippen LogP contribution in [0, 0.1) is 29.1 Å². The number of hydrogen-bond acceptors (Lipinski definition) is 0. The van der Waals surface area contributed by atoms with E-state index in [-0.39, 0.29) is 0 Å². The van der Waals surface area contributed by atoms with Crippen LogP contribution in [0.4, 0.5) is 30.2 Å². The van der Waals surface area contributed by atoms with Crippen molar-refractivity contribution in [3.63, 3.8) is 0 Å². The van der Waals surface area contributed by atoms with Crippen LogP contribution in [0.15, 0.2) is 0 Å². The Labute approximate surface area is 93.4 Å². The summed E-state index contributed by atoms with van der Waals surface area (Å²) in [5.74, 6) is -10.6. The van der Waals surface area contributed by atoms with Gasteiger partial charge in [0.25, 0.3) is 0 Å². The molecule has 17 heavy (non-hydrogen) atoms. The molecule has 0 bridgehead atoms. The van der Waals surface area contributed by atoms with Gasteiger partial charge in [0, 0.05) is 11.6 Å². The SMILES string of the molecule is C[Si](F)(F)CCc1c(F)c(F)c(F)c(F)c1F. The Hall–Kier alpha value is -1.05. The average molecular weight is 276 g/mol. The highest BCUT2D eigenvalue weighted by atomic mass is 28.4. The quantitative estimate of drug-likeness (QED) is 0.258. The average Bonchev–Trinajstić information content (AvgIpc) is 2.22. The Morgan fingerprint density at radius 3 is 1.47 bits per heavy atom. The monoisotopic (exact) mass is 276 g/mol. The summed E-state index contributed by atoms with van der Waals surface area (Å²) in [6.07, 6.45) is -0.874. The van der Waals surface area contributed by atoms with Crippen LogP contribution in [0.3, 0.4) is 0 Å². The first-order chi connectivity index (χ1) is 7.65. The second-order valence-electron chi connectivity index (χ2n) is 3.62. The lowest BCUT2D eigenvalue weighted by molar-refractivity contribution is 0.370. The topological polar surface area (TPSA) is 0 Å². The first kappa shape index (κ1) is 14.0. The Kier molecular flexibility index (Phi) is 3.85. The fraction of sp³-hybridized carbons (Fsp3) is 0.333. The second-order valence-corrected chi connectivity index (χ2v) is 6.26. The van der Waals surface area contributed by atoms with Gasteiger partial charge in [-0.3, -0.25) is 8.22 Å². The third-order valence-electron chi connectivity index (χ3n) is 2.11. The van der Waals surface area contributed by atoms with E-state index in [2.05, 4.69) is 0 Å². The van der Waals surface area contributed by atoms with Crippen LogP contribution in [-0.4, -0.2) is 8.74 Å². The van der Waals surface area contributed by atoms with E-state index in [1.54, 1.807) is 0 Å². The van der Waals surface area contributed by atoms with Gasteiger partial charge in [-0.15, -0.1) is 0 Å². The van der Waals surface area contributed by atoms with Crippen molar-refractivity contribution >= 4 is 8.74 Å². The minimum Gasteiger partial charge on any atom is -0.271 e. The molecule has 0 saturated carbocycles. The molecular weight excluding hydrogens is 269 g/mol. The van der Waals surface area contributed by atoms with Gasteiger partial charge in [0.05, 0.1) is 0 Å². The Balaban J connectivity index is 3.16. The van der Waals surface area contributed by atoms with E-state index in [0.717, 1.165) is 0 Å². The summed E-state index contributed by atoms with van der Waals surface area (Å²) in [7, 11) is -4.61. The smallest absolute Gasteiger partial charge is 0.271 e. The number of halogens is 7. The van der Waals surface area contributed by atoms with Crippen molar-refractivity contribution in [1.82, 2.24) is 0 Å². The molecule has 0 saturated heterocycles. The molecule has 0 spiro atoms. The van der Waals surface area contributed by atoms with E-state index in [9.17, 15) is 30.2 Å². The fourth-order valence-corrected chi connectivity index (χ4v) is 1.90. The van der Waals surface area contributed by atoms with Gasteiger partial charge in [-0.1, -0.05) is 0 Å². The molecule has 0 aliphatic carbocycles. The van der Waals surface area contributed by atoms with Crippen molar-refractivity contribution < 1.29 is 30.2 Å². The van der Waals surface area contributed by atoms with E-state index < -0.39 is 55.9 Å². The first-order valence-electron chi connectivity index (χ1n) is 4.53. The van der Waals surface area contributed by atoms with Gasteiger partial charge >= 0.3 is 8.74 Å². The second kappa shape index (κ2) is 4.67. The summed E-state index contributed by atoms with van der Waals surface area (Å²) in [6.45, 7) is 0.624. The zero-order valence-electron chi connectivity index (χ0n) is 8.56. The molecule has 96 valence electrons. The van der Waals surface area contributed by atoms with Gasteiger partial charge in [-0.2, -0.15) is 0 Å². The predicted molar refractivity (Wildman–Crippen MR) is 48.6 cm³/mol. The molecule has 0 radical (unpaired) electrons. The maximum Gasteiger partial charge on any atom is 0.422 e. The van der Waals surface area contributed by atoms with Gasteiger partial charge < -0.3 is 0 Å². The van der Waals surface area contributed by atoms with Crippen LogP contribution in [0.1, 0.15) is 5.56 Å². The predicted octanol–water partition coefficient (Wildman–Crippen LogP) is 3.94. The van der Waals surface area contributed by atoms with Crippen molar-refractivity contribution in [3.05, 3.63) is 34.6 Å². The molecule has 0 fully saturated rings. The number of rotatable bonds is 3. The molecule has 0 heterocycles. The zero-order valence-corrected chi connectivity index (χ0v) is 9.56. The number of hydrogen-bond donors (Lipinski definition) is 0. The van der Waals surface area contributed by atoms with Gasteiger partial charge in [0.1, 0.15) is 0 Å². The summed E-state index contributed by atoms with van der Waals surface area (Å²) in [4.78, 5) is 0. The van der Waals surface area contributed by atoms with Crippen LogP contribution < -0.4 is 0 Å². The van der Waals surface area contributed by atoms with Gasteiger partial charge in [0.2, 0.25) is 5.82 Å². The lowest BCUT2D eigenvalue weighted by atomic mass is 10.1. The molecular formula is C9H7F7Si. The van der Waals surface area contributed by atoms with E-state index in [1.807, 2.05) is 0 Å². The summed E-state index contributed by atoms with van der Waals surface area (Å²) in [6, 6.07) is -0.870. The molecule has 1 rings (SSSR count). The highest BCUT2D eigenvalue weighted by Crippen LogP contribution is 2.26. The lowest BCUT2D eigenvalue weighted by Gasteiger charge is -2.10. The van der Waals surface area contributed by atoms with E-state index in [4.69, 9.17) is 0 Å². The van der Waals surface area contributed by atoms with Crippen LogP contribution in [0.5, 0.6) is 0 Å². The van der Waals surface area contributed by atoms with Crippen molar-refractivity contribution in [2.75, 3.05) is 0 Å². The molecule has 0 aliphatic heterocycles. The zero-order chi connectivity index (χ0) is 13.4. The van der Waals surface area contributed by atoms with Gasteiger partial charge in [-0.25, -0.2) is 22.0 Å². The molecule has 0 N–H and O–H groups in total. The molecule has 0 amide bonds. The van der Waals surface area contributed by atoms with Gasteiger partial charge in [-0.05, 0) is 13.0 Å². The Morgan fingerprint density at radius 2 is 1.12 bits per heavy atom. The largest absolute Gasteiger partial charge is 0.422 e. The first-order valence-corrected chi connectivity index (χ1v) is 6.99. The molecule has 1 aromatic rings. The molecule has 0 aliphatic rings. The highest BCUT2D eigenvalue weighted by molar-refractivity contribution is 6.64. The summed E-state index contributed by atoms with van der Waals surface area (Å²) >= 11 is 0. The number of benzene rings is 1. The molecule has 0 nitrogen and oxygen atoms in total. The normalized spacial score (nSPS) is 12.0. The lowest BCUT2D eigenvalue weighted by Crippen LogP contribution is -2.18. The fourth-order valence-electron chi connectivity index (χ4n) is 1.21. The van der Waals surface area contributed by atoms with Crippen molar-refractivity contribution in [2.24, 2.45) is 0 Å². The summed E-state index contributed by atoms with van der Waals surface area (Å²) < 4.78 is 89.2. The Bertz CT molecular complexity index is 409. The van der Waals surface area contributed by atoms with Crippen LogP contribution in [0.25, 0.3) is 0 Å². The van der Waals surface area contributed by atoms with Crippen LogP contribution in [-0.2, 0) is 6.42 Å². The van der Waals surface area contributed by atoms with Crippen LogP contribution >= 0.6 is 0 Å². The maximum atomic E-state index is 13.0. The Morgan fingerprint density at radius 1 is 0.765 bits per heavy atom. The van der Waals surface area contributed by atoms with Crippen molar-refractivity contribution in [1.29, 1.82) is 0 Å². The summed E-state index contributed by atoms with van der Waals surface area (Å²) in [5, 5.41) is 0. The molecule has 0 atom stereocenters. The highest BCUT2D eigenvalue weighted by Gasteiger charge is 2.31. The maximum absolute atomic E-state index is 13.0. The molecule has 0 unspecified atom stereocenters. The van der Waals surface area contributed by atoms with E-state index in [1.165, 1.54) is 0 Å². The van der Waals surface area contributed by atoms with Crippen molar-refractivity contribution in [2.45, 2.75) is 19.0 Å². The van der Waals surface area contributed by atoms with Crippen LogP contribution in [0.2, 0.25) is 12.6 Å².